The van der Waals surface area contributed by atoms with Crippen LogP contribution in [0.3, 0.4) is 0 Å². The fourth-order valence-corrected chi connectivity index (χ4v) is 6.86. The van der Waals surface area contributed by atoms with Crippen LogP contribution in [0, 0.1) is 17.8 Å². The number of nitriles is 1. The van der Waals surface area contributed by atoms with Crippen molar-refractivity contribution in [1.82, 2.24) is 9.29 Å². The maximum absolute atomic E-state index is 12.9. The second kappa shape index (κ2) is 13.9. The molecule has 4 N–H and O–H groups in total. The second-order valence-corrected chi connectivity index (χ2v) is 11.0. The molecule has 2 saturated carbocycles. The van der Waals surface area contributed by atoms with Crippen molar-refractivity contribution in [1.29, 1.82) is 5.26 Å². The molecule has 8 nitrogen and oxygen atoms in total. The molecule has 3 aliphatic rings. The SMILES string of the molecule is C#N.C=C.NC(=Nc1ccc2c(c1)CN(CC1CCCC1)S2=O)c1c(NC2CCCCC2)cc[nH]c1=O. The van der Waals surface area contributed by atoms with Gasteiger partial charge in [0, 0.05) is 31.9 Å². The van der Waals surface area contributed by atoms with Gasteiger partial charge in [0.2, 0.25) is 0 Å². The first-order valence-electron chi connectivity index (χ1n) is 13.0. The zero-order valence-corrected chi connectivity index (χ0v) is 22.3. The molecule has 2 aromatic rings. The van der Waals surface area contributed by atoms with E-state index in [1.165, 1.54) is 44.9 Å². The van der Waals surface area contributed by atoms with E-state index in [-0.39, 0.29) is 11.4 Å². The number of anilines is 1. The molecule has 198 valence electrons. The van der Waals surface area contributed by atoms with Crippen molar-refractivity contribution in [3.05, 3.63) is 65.1 Å². The number of pyridine rings is 1. The van der Waals surface area contributed by atoms with Crippen molar-refractivity contribution in [3.63, 3.8) is 0 Å². The number of rotatable bonds is 6. The Morgan fingerprint density at radius 2 is 1.81 bits per heavy atom. The number of benzene rings is 1. The number of fused-ring (bicyclic) bond motifs is 1. The predicted octanol–water partition coefficient (Wildman–Crippen LogP) is 5.13. The summed E-state index contributed by atoms with van der Waals surface area (Å²) in [6, 6.07) is 7.91. The summed E-state index contributed by atoms with van der Waals surface area (Å²) in [5.74, 6) is 0.841. The molecule has 1 atom stereocenters. The minimum Gasteiger partial charge on any atom is -0.383 e. The van der Waals surface area contributed by atoms with Crippen LogP contribution in [0.2, 0.25) is 0 Å². The lowest BCUT2D eigenvalue weighted by molar-refractivity contribution is 0.366. The van der Waals surface area contributed by atoms with Gasteiger partial charge in [-0.25, -0.2) is 18.8 Å². The molecule has 2 fully saturated rings. The van der Waals surface area contributed by atoms with Gasteiger partial charge in [0.05, 0.1) is 16.3 Å². The molecule has 1 aromatic heterocycles. The standard InChI is InChI=1S/C25H33N5O2S.C2H4.CHN/c26-24(23-21(12-13-27-25(23)31)28-19-8-2-1-3-9-19)29-20-10-11-22-18(14-20)16-30(33(22)32)15-17-6-4-5-7-17;2*1-2/h10-14,17,19H,1-9,15-16H2,(H2,26,29)(H2,27,28,31);1-2H2;1H. The van der Waals surface area contributed by atoms with Gasteiger partial charge >= 0.3 is 0 Å². The minimum absolute atomic E-state index is 0.192. The highest BCUT2D eigenvalue weighted by molar-refractivity contribution is 7.83. The quantitative estimate of drug-likeness (QED) is 0.275. The maximum atomic E-state index is 12.9. The molecule has 0 amide bonds. The van der Waals surface area contributed by atoms with E-state index in [2.05, 4.69) is 39.3 Å². The molecule has 2 aliphatic carbocycles. The summed E-state index contributed by atoms with van der Waals surface area (Å²) in [4.78, 5) is 20.8. The van der Waals surface area contributed by atoms with E-state index in [4.69, 9.17) is 11.0 Å². The van der Waals surface area contributed by atoms with E-state index in [0.29, 0.717) is 29.8 Å². The topological polar surface area (TPSA) is 127 Å². The summed E-state index contributed by atoms with van der Waals surface area (Å²) in [5.41, 5.74) is 8.94. The van der Waals surface area contributed by atoms with Gasteiger partial charge in [0.15, 0.2) is 0 Å². The minimum atomic E-state index is -1.11. The van der Waals surface area contributed by atoms with E-state index in [1.54, 1.807) is 6.20 Å². The number of hydrogen-bond donors (Lipinski definition) is 3. The Hall–Kier alpha value is -3.22. The first kappa shape index (κ1) is 28.4. The van der Waals surface area contributed by atoms with Crippen LogP contribution < -0.4 is 16.6 Å². The largest absolute Gasteiger partial charge is 0.383 e. The summed E-state index contributed by atoms with van der Waals surface area (Å²) in [5, 5.41) is 10.0. The molecule has 0 bridgehead atoms. The Bertz CT molecular complexity index is 1180. The molecule has 0 radical (unpaired) electrons. The van der Waals surface area contributed by atoms with Gasteiger partial charge in [0.1, 0.15) is 22.4 Å². The van der Waals surface area contributed by atoms with E-state index in [0.717, 1.165) is 35.5 Å². The van der Waals surface area contributed by atoms with E-state index in [1.807, 2.05) is 24.3 Å². The second-order valence-electron chi connectivity index (χ2n) is 9.59. The lowest BCUT2D eigenvalue weighted by Gasteiger charge is -2.24. The highest BCUT2D eigenvalue weighted by Gasteiger charge is 2.30. The predicted molar refractivity (Wildman–Crippen MR) is 151 cm³/mol. The molecule has 0 saturated heterocycles. The van der Waals surface area contributed by atoms with Gasteiger partial charge in [-0.05, 0) is 61.4 Å². The third-order valence-electron chi connectivity index (χ3n) is 7.18. The molecule has 5 rings (SSSR count). The van der Waals surface area contributed by atoms with Crippen molar-refractivity contribution in [2.45, 2.75) is 75.3 Å². The van der Waals surface area contributed by atoms with Crippen molar-refractivity contribution < 1.29 is 4.21 Å². The normalized spacial score (nSPS) is 20.3. The molecule has 1 aromatic carbocycles. The molecular formula is C28H38N6O2S. The zero-order valence-electron chi connectivity index (χ0n) is 21.5. The Morgan fingerprint density at radius 3 is 2.51 bits per heavy atom. The number of nitrogens with two attached hydrogens (primary N) is 1. The van der Waals surface area contributed by atoms with E-state index >= 15 is 0 Å². The summed E-state index contributed by atoms with van der Waals surface area (Å²) in [6.07, 6.45) is 12.6. The molecule has 1 unspecified atom stereocenters. The van der Waals surface area contributed by atoms with Gasteiger partial charge < -0.3 is 16.0 Å². The van der Waals surface area contributed by atoms with Crippen LogP contribution in [0.4, 0.5) is 11.4 Å². The Morgan fingerprint density at radius 1 is 1.14 bits per heavy atom. The smallest absolute Gasteiger partial charge is 0.261 e. The first-order valence-corrected chi connectivity index (χ1v) is 14.1. The van der Waals surface area contributed by atoms with Crippen LogP contribution in [0.5, 0.6) is 0 Å². The molecule has 0 spiro atoms. The number of aromatic amines is 1. The maximum Gasteiger partial charge on any atom is 0.261 e. The Labute approximate surface area is 222 Å². The Balaban J connectivity index is 0.000000907. The summed E-state index contributed by atoms with van der Waals surface area (Å²) >= 11 is 0. The van der Waals surface area contributed by atoms with Crippen LogP contribution in [-0.4, -0.2) is 31.9 Å². The third kappa shape index (κ3) is 6.96. The van der Waals surface area contributed by atoms with E-state index in [9.17, 15) is 9.00 Å². The molecule has 2 heterocycles. The number of hydrogen-bond acceptors (Lipinski definition) is 5. The van der Waals surface area contributed by atoms with Crippen LogP contribution in [0.25, 0.3) is 0 Å². The lowest BCUT2D eigenvalue weighted by Crippen LogP contribution is -2.29. The van der Waals surface area contributed by atoms with Crippen LogP contribution in [0.1, 0.15) is 68.9 Å². The summed E-state index contributed by atoms with van der Waals surface area (Å²) < 4.78 is 15.0. The number of aliphatic imine (C=N–C) groups is 1. The highest BCUT2D eigenvalue weighted by atomic mass is 32.2. The number of nitrogens with zero attached hydrogens (tertiary/aromatic N) is 3. The average Bonchev–Trinajstić information content (AvgIpc) is 3.55. The molecule has 1 aliphatic heterocycles. The third-order valence-corrected chi connectivity index (χ3v) is 8.70. The van der Waals surface area contributed by atoms with E-state index < -0.39 is 11.0 Å². The summed E-state index contributed by atoms with van der Waals surface area (Å²) in [7, 11) is -1.11. The van der Waals surface area contributed by atoms with Gasteiger partial charge in [-0.2, -0.15) is 0 Å². The fraction of sp³-hybridized carbons (Fsp3) is 0.464. The van der Waals surface area contributed by atoms with Crippen molar-refractivity contribution in [2.24, 2.45) is 16.6 Å². The lowest BCUT2D eigenvalue weighted by atomic mass is 9.95. The number of aromatic nitrogens is 1. The van der Waals surface area contributed by atoms with Crippen LogP contribution >= 0.6 is 0 Å². The van der Waals surface area contributed by atoms with Gasteiger partial charge in [-0.15, -0.1) is 13.2 Å². The number of nitrogens with one attached hydrogen (secondary N) is 2. The number of H-pyrrole nitrogens is 1. The van der Waals surface area contributed by atoms with Crippen LogP contribution in [0.15, 0.2) is 58.3 Å². The van der Waals surface area contributed by atoms with Gasteiger partial charge in [0.25, 0.3) is 5.56 Å². The Kier molecular flexibility index (Phi) is 10.7. The molecule has 9 heteroatoms. The zero-order chi connectivity index (χ0) is 26.8. The van der Waals surface area contributed by atoms with Crippen molar-refractivity contribution in [2.75, 3.05) is 11.9 Å². The van der Waals surface area contributed by atoms with Crippen LogP contribution in [-0.2, 0) is 17.5 Å². The molecular weight excluding hydrogens is 484 g/mol. The monoisotopic (exact) mass is 522 g/mol. The number of amidine groups is 1. The fourth-order valence-electron chi connectivity index (χ4n) is 5.45. The van der Waals surface area contributed by atoms with Crippen molar-refractivity contribution in [3.8, 4) is 6.57 Å². The summed E-state index contributed by atoms with van der Waals surface area (Å²) in [6.45, 7) is 11.1. The first-order chi connectivity index (χ1) is 18.1. The van der Waals surface area contributed by atoms with Gasteiger partial charge in [-0.1, -0.05) is 32.1 Å². The van der Waals surface area contributed by atoms with Gasteiger partial charge in [-0.3, -0.25) is 4.79 Å². The average molecular weight is 523 g/mol. The molecule has 37 heavy (non-hydrogen) atoms. The van der Waals surface area contributed by atoms with Crippen molar-refractivity contribution >= 4 is 28.2 Å². The highest BCUT2D eigenvalue weighted by Crippen LogP contribution is 2.34.